The van der Waals surface area contributed by atoms with Gasteiger partial charge >= 0.3 is 12.1 Å². The molecule has 288 valence electrons. The lowest BCUT2D eigenvalue weighted by Crippen LogP contribution is -2.43. The maximum Gasteiger partial charge on any atom is 0.416 e. The van der Waals surface area contributed by atoms with Crippen molar-refractivity contribution in [1.29, 1.82) is 0 Å². The fourth-order valence-electron chi connectivity index (χ4n) is 6.00. The van der Waals surface area contributed by atoms with Gasteiger partial charge in [-0.1, -0.05) is 57.2 Å². The van der Waals surface area contributed by atoms with E-state index in [9.17, 15) is 49.5 Å². The number of hydrogen-bond donors (Lipinski definition) is 1. The molecule has 0 unspecified atom stereocenters. The van der Waals surface area contributed by atoms with Crippen molar-refractivity contribution < 1.29 is 58.2 Å². The minimum atomic E-state index is -5.99. The van der Waals surface area contributed by atoms with Gasteiger partial charge in [0.05, 0.1) is 24.2 Å². The van der Waals surface area contributed by atoms with Gasteiger partial charge in [-0.25, -0.2) is 35.2 Å². The molecule has 0 bridgehead atoms. The summed E-state index contributed by atoms with van der Waals surface area (Å²) in [7, 11) is -5.99. The van der Waals surface area contributed by atoms with Crippen molar-refractivity contribution in [2.45, 2.75) is 76.0 Å². The van der Waals surface area contributed by atoms with Crippen LogP contribution in [0.15, 0.2) is 65.6 Å². The molecule has 16 heteroatoms. The molecule has 1 saturated carbocycles. The first-order valence-corrected chi connectivity index (χ1v) is 17.9. The van der Waals surface area contributed by atoms with Gasteiger partial charge in [0, 0.05) is 12.2 Å². The topological polar surface area (TPSA) is 95.0 Å². The lowest BCUT2D eigenvalue weighted by Gasteiger charge is -2.30. The molecule has 1 fully saturated rings. The highest BCUT2D eigenvalue weighted by atomic mass is 32.2. The summed E-state index contributed by atoms with van der Waals surface area (Å²) >= 11 is 0. The van der Waals surface area contributed by atoms with E-state index in [1.54, 1.807) is 6.07 Å². The van der Waals surface area contributed by atoms with Gasteiger partial charge in [0.25, 0.3) is 0 Å². The number of aryl methyl sites for hydroxylation is 1. The first-order valence-electron chi connectivity index (χ1n) is 16.5. The van der Waals surface area contributed by atoms with Gasteiger partial charge in [-0.3, -0.25) is 4.79 Å². The van der Waals surface area contributed by atoms with E-state index in [2.05, 4.69) is 0 Å². The molecule has 0 spiro atoms. The Bertz CT molecular complexity index is 2220. The molecule has 0 aliphatic heterocycles. The Hall–Kier alpha value is -4.83. The van der Waals surface area contributed by atoms with Crippen LogP contribution in [-0.4, -0.2) is 36.3 Å². The highest BCUT2D eigenvalue weighted by Gasteiger charge is 2.41. The number of benzene rings is 4. The number of carboxylic acid groups (broad SMARTS) is 1. The Labute approximate surface area is 305 Å². The number of rotatable bonds is 11. The average Bonchev–Trinajstić information content (AvgIpc) is 3.94. The minimum absolute atomic E-state index is 0.0448. The lowest BCUT2D eigenvalue weighted by atomic mass is 9.84. The summed E-state index contributed by atoms with van der Waals surface area (Å²) in [6.07, 6.45) is -3.27. The molecule has 4 aromatic carbocycles. The molecule has 4 aromatic rings. The van der Waals surface area contributed by atoms with E-state index in [0.29, 0.717) is 11.6 Å². The molecular weight excluding hydrogens is 748 g/mol. The van der Waals surface area contributed by atoms with E-state index in [1.165, 1.54) is 19.1 Å². The van der Waals surface area contributed by atoms with Crippen LogP contribution in [0.4, 0.5) is 40.8 Å². The molecule has 1 aliphatic carbocycles. The van der Waals surface area contributed by atoms with Crippen LogP contribution in [0, 0.1) is 36.0 Å². The molecule has 0 heterocycles. The van der Waals surface area contributed by atoms with Crippen molar-refractivity contribution in [1.82, 2.24) is 4.31 Å². The molecule has 0 aromatic heterocycles. The van der Waals surface area contributed by atoms with Crippen molar-refractivity contribution in [2.24, 2.45) is 0 Å². The van der Waals surface area contributed by atoms with Crippen molar-refractivity contribution in [3.63, 3.8) is 0 Å². The molecule has 1 N–H and O–H groups in total. The predicted molar refractivity (Wildman–Crippen MR) is 182 cm³/mol. The SMILES string of the molecule is Cc1cc(C(=O)O)ccc1N(Cc1cc(C2CC2)cc(C(C)(C)C)c1)C(=O)CN(Cc1ccccc1C(F)(F)F)S(=O)(=O)c1c(F)c(F)c(F)c(F)c1F. The van der Waals surface area contributed by atoms with Gasteiger partial charge < -0.3 is 10.0 Å². The molecule has 5 rings (SSSR count). The largest absolute Gasteiger partial charge is 0.478 e. The van der Waals surface area contributed by atoms with Gasteiger partial charge in [0.2, 0.25) is 21.7 Å². The molecule has 0 saturated heterocycles. The zero-order chi connectivity index (χ0) is 40.1. The highest BCUT2D eigenvalue weighted by Crippen LogP contribution is 2.42. The molecular formula is C38H34F8N2O5S. The number of carbonyl (C=O) groups excluding carboxylic acids is 1. The molecule has 1 aliphatic rings. The molecule has 1 amide bonds. The summed E-state index contributed by atoms with van der Waals surface area (Å²) in [5.74, 6) is -15.8. The molecule has 7 nitrogen and oxygen atoms in total. The van der Waals surface area contributed by atoms with E-state index in [0.717, 1.165) is 53.1 Å². The van der Waals surface area contributed by atoms with Gasteiger partial charge in [-0.15, -0.1) is 0 Å². The summed E-state index contributed by atoms with van der Waals surface area (Å²) in [4.78, 5) is 24.8. The van der Waals surface area contributed by atoms with E-state index >= 15 is 8.78 Å². The minimum Gasteiger partial charge on any atom is -0.478 e. The average molecular weight is 783 g/mol. The van der Waals surface area contributed by atoms with Crippen LogP contribution >= 0.6 is 0 Å². The lowest BCUT2D eigenvalue weighted by molar-refractivity contribution is -0.138. The second-order valence-electron chi connectivity index (χ2n) is 14.1. The zero-order valence-corrected chi connectivity index (χ0v) is 30.1. The summed E-state index contributed by atoms with van der Waals surface area (Å²) in [5, 5.41) is 9.54. The second-order valence-corrected chi connectivity index (χ2v) is 16.0. The van der Waals surface area contributed by atoms with E-state index in [4.69, 9.17) is 0 Å². The number of carbonyl (C=O) groups is 2. The van der Waals surface area contributed by atoms with Crippen molar-refractivity contribution >= 4 is 27.6 Å². The standard InChI is InChI=1S/C38H34F8N2O5S/c1-20-13-23(36(50)51)11-12-28(20)48(17-21-14-25(22-9-10-22)16-26(15-21)37(2,3)4)29(49)19-47(18-24-7-5-6-8-27(24)38(44,45)46)54(52,53)35-33(42)31(40)30(39)32(41)34(35)43/h5-8,11-16,22H,9-10,17-19H2,1-4H3,(H,50,51). The number of aromatic carboxylic acids is 1. The zero-order valence-electron chi connectivity index (χ0n) is 29.3. The maximum absolute atomic E-state index is 15.1. The van der Waals surface area contributed by atoms with Crippen LogP contribution in [0.5, 0.6) is 0 Å². The van der Waals surface area contributed by atoms with Gasteiger partial charge in [0.15, 0.2) is 28.2 Å². The number of hydrogen-bond acceptors (Lipinski definition) is 4. The van der Waals surface area contributed by atoms with Crippen molar-refractivity contribution in [3.05, 3.63) is 129 Å². The third-order valence-electron chi connectivity index (χ3n) is 9.05. The second kappa shape index (κ2) is 14.8. The predicted octanol–water partition coefficient (Wildman–Crippen LogP) is 9.01. The van der Waals surface area contributed by atoms with Crippen molar-refractivity contribution in [2.75, 3.05) is 11.4 Å². The summed E-state index contributed by atoms with van der Waals surface area (Å²) in [6, 6.07) is 12.8. The number of sulfonamides is 1. The number of anilines is 1. The summed E-state index contributed by atoms with van der Waals surface area (Å²) in [6.45, 7) is 4.18. The summed E-state index contributed by atoms with van der Waals surface area (Å²) < 4.78 is 143. The van der Waals surface area contributed by atoms with Crippen LogP contribution < -0.4 is 4.90 Å². The fraction of sp³-hybridized carbons (Fsp3) is 0.316. The quantitative estimate of drug-likeness (QED) is 0.0932. The Morgan fingerprint density at radius 2 is 1.41 bits per heavy atom. The number of alkyl halides is 3. The smallest absolute Gasteiger partial charge is 0.416 e. The molecule has 0 radical (unpaired) electrons. The number of carboxylic acids is 1. The van der Waals surface area contributed by atoms with Crippen molar-refractivity contribution in [3.8, 4) is 0 Å². The monoisotopic (exact) mass is 782 g/mol. The fourth-order valence-corrected chi connectivity index (χ4v) is 7.48. The van der Waals surface area contributed by atoms with Gasteiger partial charge in [-0.2, -0.15) is 17.5 Å². The van der Waals surface area contributed by atoms with Crippen LogP contribution in [-0.2, 0) is 39.5 Å². The van der Waals surface area contributed by atoms with Crippen LogP contribution in [0.1, 0.15) is 83.3 Å². The normalized spacial score (nSPS) is 13.7. The Morgan fingerprint density at radius 3 is 1.94 bits per heavy atom. The van der Waals surface area contributed by atoms with Crippen LogP contribution in [0.2, 0.25) is 0 Å². The van der Waals surface area contributed by atoms with E-state index in [-0.39, 0.29) is 39.0 Å². The first kappa shape index (κ1) is 40.4. The third kappa shape index (κ3) is 8.28. The number of halogens is 8. The Kier molecular flexibility index (Phi) is 11.0. The Balaban J connectivity index is 1.68. The maximum atomic E-state index is 15.1. The third-order valence-corrected chi connectivity index (χ3v) is 10.9. The molecule has 0 atom stereocenters. The summed E-state index contributed by atoms with van der Waals surface area (Å²) in [5.41, 5.74) is -0.113. The van der Waals surface area contributed by atoms with E-state index in [1.807, 2.05) is 32.9 Å². The van der Waals surface area contributed by atoms with Gasteiger partial charge in [0.1, 0.15) is 0 Å². The van der Waals surface area contributed by atoms with Crippen LogP contribution in [0.3, 0.4) is 0 Å². The highest BCUT2D eigenvalue weighted by molar-refractivity contribution is 7.89. The Morgan fingerprint density at radius 1 is 0.815 bits per heavy atom. The molecule has 54 heavy (non-hydrogen) atoms. The number of amides is 1. The first-order chi connectivity index (χ1) is 25.0. The van der Waals surface area contributed by atoms with Crippen LogP contribution in [0.25, 0.3) is 0 Å². The number of nitrogens with zero attached hydrogens (tertiary/aromatic N) is 2. The van der Waals surface area contributed by atoms with Gasteiger partial charge in [-0.05, 0) is 83.2 Å². The van der Waals surface area contributed by atoms with E-state index < -0.39 is 86.3 Å².